The number of methoxy groups -OCH3 is 1. The first-order chi connectivity index (χ1) is 8.69. The summed E-state index contributed by atoms with van der Waals surface area (Å²) < 4.78 is 5.33. The van der Waals surface area contributed by atoms with Gasteiger partial charge >= 0.3 is 0 Å². The van der Waals surface area contributed by atoms with E-state index in [-0.39, 0.29) is 0 Å². The molecular weight excluding hydrogens is 222 g/mol. The largest absolute Gasteiger partial charge is 0.496 e. The average Bonchev–Trinajstić information content (AvgIpc) is 2.40. The fraction of sp³-hybridized carbons (Fsp3) is 0.625. The van der Waals surface area contributed by atoms with Crippen LogP contribution in [0.3, 0.4) is 0 Å². The lowest BCUT2D eigenvalue weighted by Crippen LogP contribution is -2.46. The molecule has 1 aromatic carbocycles. The lowest BCUT2D eigenvalue weighted by atomic mass is 9.77. The maximum Gasteiger partial charge on any atom is 0.121 e. The van der Waals surface area contributed by atoms with Crippen molar-refractivity contribution in [3.63, 3.8) is 0 Å². The SMILES string of the molecule is CNC1(Cc2ccc(OC)c(C)c2)CCCCC1. The molecule has 2 heteroatoms. The summed E-state index contributed by atoms with van der Waals surface area (Å²) in [5, 5.41) is 3.58. The summed E-state index contributed by atoms with van der Waals surface area (Å²) in [7, 11) is 3.85. The van der Waals surface area contributed by atoms with Crippen LogP contribution in [0.2, 0.25) is 0 Å². The summed E-state index contributed by atoms with van der Waals surface area (Å²) >= 11 is 0. The zero-order chi connectivity index (χ0) is 13.0. The quantitative estimate of drug-likeness (QED) is 0.879. The van der Waals surface area contributed by atoms with Crippen LogP contribution in [0.25, 0.3) is 0 Å². The first-order valence-electron chi connectivity index (χ1n) is 7.01. The first-order valence-corrected chi connectivity index (χ1v) is 7.01. The van der Waals surface area contributed by atoms with Crippen LogP contribution in [0, 0.1) is 6.92 Å². The monoisotopic (exact) mass is 247 g/mol. The summed E-state index contributed by atoms with van der Waals surface area (Å²) in [6.07, 6.45) is 7.84. The van der Waals surface area contributed by atoms with Gasteiger partial charge in [0.05, 0.1) is 7.11 Å². The van der Waals surface area contributed by atoms with Gasteiger partial charge in [0.2, 0.25) is 0 Å². The molecule has 1 aliphatic rings. The fourth-order valence-electron chi connectivity index (χ4n) is 3.18. The number of rotatable bonds is 4. The van der Waals surface area contributed by atoms with Crippen molar-refractivity contribution in [1.29, 1.82) is 0 Å². The Kier molecular flexibility index (Phi) is 4.28. The van der Waals surface area contributed by atoms with Gasteiger partial charge in [-0.15, -0.1) is 0 Å². The second-order valence-corrected chi connectivity index (χ2v) is 5.57. The summed E-state index contributed by atoms with van der Waals surface area (Å²) in [5.41, 5.74) is 2.97. The Morgan fingerprint density at radius 2 is 1.94 bits per heavy atom. The van der Waals surface area contributed by atoms with E-state index < -0.39 is 0 Å². The van der Waals surface area contributed by atoms with Crippen molar-refractivity contribution < 1.29 is 4.74 Å². The molecule has 0 bridgehead atoms. The van der Waals surface area contributed by atoms with Gasteiger partial charge in [-0.2, -0.15) is 0 Å². The number of likely N-dealkylation sites (N-methyl/N-ethyl adjacent to an activating group) is 1. The van der Waals surface area contributed by atoms with Gasteiger partial charge < -0.3 is 10.1 Å². The molecule has 18 heavy (non-hydrogen) atoms. The Morgan fingerprint density at radius 3 is 2.50 bits per heavy atom. The van der Waals surface area contributed by atoms with Crippen molar-refractivity contribution in [2.24, 2.45) is 0 Å². The number of nitrogens with one attached hydrogen (secondary N) is 1. The third-order valence-electron chi connectivity index (χ3n) is 4.34. The highest BCUT2D eigenvalue weighted by atomic mass is 16.5. The lowest BCUT2D eigenvalue weighted by molar-refractivity contribution is 0.244. The predicted octanol–water partition coefficient (Wildman–Crippen LogP) is 3.47. The van der Waals surface area contributed by atoms with Crippen LogP contribution in [-0.2, 0) is 6.42 Å². The molecule has 1 N–H and O–H groups in total. The normalized spacial score (nSPS) is 18.6. The molecule has 0 radical (unpaired) electrons. The molecule has 1 aromatic rings. The molecule has 0 aliphatic heterocycles. The van der Waals surface area contributed by atoms with Crippen LogP contribution in [-0.4, -0.2) is 19.7 Å². The van der Waals surface area contributed by atoms with E-state index in [9.17, 15) is 0 Å². The van der Waals surface area contributed by atoms with Crippen molar-refractivity contribution in [1.82, 2.24) is 5.32 Å². The molecule has 2 rings (SSSR count). The number of hydrogen-bond acceptors (Lipinski definition) is 2. The predicted molar refractivity (Wildman–Crippen MR) is 76.3 cm³/mol. The number of hydrogen-bond donors (Lipinski definition) is 1. The molecule has 1 saturated carbocycles. The van der Waals surface area contributed by atoms with Gasteiger partial charge in [0, 0.05) is 5.54 Å². The summed E-state index contributed by atoms with van der Waals surface area (Å²) in [5.74, 6) is 0.987. The third kappa shape index (κ3) is 2.86. The Labute approximate surface area is 111 Å². The van der Waals surface area contributed by atoms with E-state index >= 15 is 0 Å². The van der Waals surface area contributed by atoms with E-state index in [0.29, 0.717) is 5.54 Å². The van der Waals surface area contributed by atoms with Crippen LogP contribution in [0.5, 0.6) is 5.75 Å². The topological polar surface area (TPSA) is 21.3 Å². The van der Waals surface area contributed by atoms with Crippen LogP contribution < -0.4 is 10.1 Å². The van der Waals surface area contributed by atoms with Crippen molar-refractivity contribution >= 4 is 0 Å². The minimum absolute atomic E-state index is 0.319. The van der Waals surface area contributed by atoms with E-state index in [1.165, 1.54) is 43.2 Å². The maximum atomic E-state index is 5.33. The van der Waals surface area contributed by atoms with Crippen LogP contribution >= 0.6 is 0 Å². The molecule has 1 fully saturated rings. The van der Waals surface area contributed by atoms with Crippen LogP contribution in [0.4, 0.5) is 0 Å². The Hall–Kier alpha value is -1.02. The molecule has 0 amide bonds. The number of aryl methyl sites for hydroxylation is 1. The first kappa shape index (κ1) is 13.4. The second-order valence-electron chi connectivity index (χ2n) is 5.57. The maximum absolute atomic E-state index is 5.33. The fourth-order valence-corrected chi connectivity index (χ4v) is 3.18. The molecule has 1 aliphatic carbocycles. The third-order valence-corrected chi connectivity index (χ3v) is 4.34. The summed E-state index contributed by atoms with van der Waals surface area (Å²) in [6.45, 7) is 2.12. The van der Waals surface area contributed by atoms with Gasteiger partial charge in [-0.1, -0.05) is 31.4 Å². The van der Waals surface area contributed by atoms with Gasteiger partial charge in [-0.3, -0.25) is 0 Å². The zero-order valence-electron chi connectivity index (χ0n) is 11.9. The minimum Gasteiger partial charge on any atom is -0.496 e. The van der Waals surface area contributed by atoms with Crippen molar-refractivity contribution in [2.75, 3.05) is 14.2 Å². The highest BCUT2D eigenvalue weighted by Crippen LogP contribution is 2.32. The summed E-state index contributed by atoms with van der Waals surface area (Å²) in [6, 6.07) is 6.57. The molecule has 0 heterocycles. The minimum atomic E-state index is 0.319. The van der Waals surface area contributed by atoms with E-state index in [2.05, 4.69) is 37.5 Å². The molecule has 100 valence electrons. The van der Waals surface area contributed by atoms with E-state index in [1.54, 1.807) is 7.11 Å². The smallest absolute Gasteiger partial charge is 0.121 e. The Morgan fingerprint density at radius 1 is 1.22 bits per heavy atom. The number of ether oxygens (including phenoxy) is 1. The Balaban J connectivity index is 2.14. The lowest BCUT2D eigenvalue weighted by Gasteiger charge is -2.37. The van der Waals surface area contributed by atoms with E-state index in [4.69, 9.17) is 4.74 Å². The van der Waals surface area contributed by atoms with E-state index in [1.807, 2.05) is 0 Å². The molecule has 0 saturated heterocycles. The second kappa shape index (κ2) is 5.75. The number of benzene rings is 1. The highest BCUT2D eigenvalue weighted by Gasteiger charge is 2.30. The van der Waals surface area contributed by atoms with Crippen molar-refractivity contribution in [3.8, 4) is 5.75 Å². The van der Waals surface area contributed by atoms with Gasteiger partial charge in [0.15, 0.2) is 0 Å². The van der Waals surface area contributed by atoms with Crippen LogP contribution in [0.15, 0.2) is 18.2 Å². The molecular formula is C16H25NO. The van der Waals surface area contributed by atoms with Crippen molar-refractivity contribution in [3.05, 3.63) is 29.3 Å². The molecule has 0 spiro atoms. The molecule has 2 nitrogen and oxygen atoms in total. The van der Waals surface area contributed by atoms with Crippen LogP contribution in [0.1, 0.15) is 43.2 Å². The van der Waals surface area contributed by atoms with E-state index in [0.717, 1.165) is 12.2 Å². The molecule has 0 atom stereocenters. The van der Waals surface area contributed by atoms with Gasteiger partial charge in [-0.05, 0) is 50.4 Å². The molecule has 0 unspecified atom stereocenters. The Bertz CT molecular complexity index is 394. The van der Waals surface area contributed by atoms with Gasteiger partial charge in [-0.25, -0.2) is 0 Å². The highest BCUT2D eigenvalue weighted by molar-refractivity contribution is 5.36. The van der Waals surface area contributed by atoms with Gasteiger partial charge in [0.25, 0.3) is 0 Å². The van der Waals surface area contributed by atoms with Gasteiger partial charge in [0.1, 0.15) is 5.75 Å². The summed E-state index contributed by atoms with van der Waals surface area (Å²) in [4.78, 5) is 0. The average molecular weight is 247 g/mol. The van der Waals surface area contributed by atoms with Crippen molar-refractivity contribution in [2.45, 2.75) is 51.0 Å². The molecule has 0 aromatic heterocycles. The standard InChI is InChI=1S/C16H25NO/c1-13-11-14(7-8-15(13)18-3)12-16(17-2)9-5-4-6-10-16/h7-8,11,17H,4-6,9-10,12H2,1-3H3. The zero-order valence-corrected chi connectivity index (χ0v) is 11.9.